The zero-order valence-electron chi connectivity index (χ0n) is 13.6. The zero-order valence-corrected chi connectivity index (χ0v) is 13.6. The monoisotopic (exact) mass is 264 g/mol. The van der Waals surface area contributed by atoms with Crippen molar-refractivity contribution in [3.8, 4) is 11.8 Å². The van der Waals surface area contributed by atoms with Gasteiger partial charge in [-0.1, -0.05) is 26.7 Å². The van der Waals surface area contributed by atoms with Gasteiger partial charge in [0, 0.05) is 18.0 Å². The molecule has 0 bridgehead atoms. The van der Waals surface area contributed by atoms with E-state index < -0.39 is 0 Å². The Morgan fingerprint density at radius 1 is 1.42 bits per heavy atom. The number of rotatable bonds is 6. The fourth-order valence-electron chi connectivity index (χ4n) is 3.75. The largest absolute Gasteiger partial charge is 0.312 e. The molecule has 3 unspecified atom stereocenters. The Morgan fingerprint density at radius 3 is 2.68 bits per heavy atom. The average Bonchev–Trinajstić information content (AvgIpc) is 2.37. The molecule has 0 amide bonds. The van der Waals surface area contributed by atoms with Crippen LogP contribution in [0.2, 0.25) is 0 Å². The molecule has 0 aromatic rings. The summed E-state index contributed by atoms with van der Waals surface area (Å²) in [4.78, 5) is 2.48. The fraction of sp³-hybridized carbons (Fsp3) is 0.882. The molecule has 1 aliphatic carbocycles. The predicted octanol–water partition coefficient (Wildman–Crippen LogP) is 3.28. The highest BCUT2D eigenvalue weighted by atomic mass is 15.2. The molecule has 110 valence electrons. The van der Waals surface area contributed by atoms with Crippen LogP contribution in [0, 0.1) is 17.8 Å². The number of likely N-dealkylation sites (N-methyl/N-ethyl adjacent to an activating group) is 2. The highest BCUT2D eigenvalue weighted by Crippen LogP contribution is 2.39. The van der Waals surface area contributed by atoms with Gasteiger partial charge in [0.15, 0.2) is 0 Å². The minimum absolute atomic E-state index is 0.323. The summed E-state index contributed by atoms with van der Waals surface area (Å²) in [6, 6.07) is 0.566. The van der Waals surface area contributed by atoms with Crippen LogP contribution in [0.5, 0.6) is 0 Å². The maximum Gasteiger partial charge on any atom is 0.0359 e. The molecule has 2 nitrogen and oxygen atoms in total. The lowest BCUT2D eigenvalue weighted by molar-refractivity contribution is 0.0353. The van der Waals surface area contributed by atoms with Crippen molar-refractivity contribution in [1.82, 2.24) is 10.2 Å². The molecule has 1 rings (SSSR count). The second-order valence-corrected chi connectivity index (χ2v) is 6.28. The molecule has 1 N–H and O–H groups in total. The van der Waals surface area contributed by atoms with Crippen LogP contribution in [-0.4, -0.2) is 37.1 Å². The summed E-state index contributed by atoms with van der Waals surface area (Å²) < 4.78 is 0. The fourth-order valence-corrected chi connectivity index (χ4v) is 3.75. The number of nitrogens with zero attached hydrogens (tertiary/aromatic N) is 1. The van der Waals surface area contributed by atoms with E-state index in [4.69, 9.17) is 0 Å². The van der Waals surface area contributed by atoms with E-state index in [0.29, 0.717) is 11.6 Å². The smallest absolute Gasteiger partial charge is 0.0359 e. The molecule has 2 heteroatoms. The van der Waals surface area contributed by atoms with Gasteiger partial charge >= 0.3 is 0 Å². The molecular formula is C17H32N2. The quantitative estimate of drug-likeness (QED) is 0.741. The molecule has 0 saturated heterocycles. The Hall–Kier alpha value is -0.520. The standard InChI is InChI=1S/C17H32N2/c1-6-8-9-12-16(18-7-2)17(19(4)5)13-10-11-15(3)14-17/h15-16,18H,7,9-14H2,1-5H3. The maximum atomic E-state index is 3.74. The van der Waals surface area contributed by atoms with E-state index in [9.17, 15) is 0 Å². The van der Waals surface area contributed by atoms with Crippen molar-refractivity contribution < 1.29 is 0 Å². The van der Waals surface area contributed by atoms with Crippen molar-refractivity contribution in [2.45, 2.75) is 70.9 Å². The van der Waals surface area contributed by atoms with E-state index in [1.54, 1.807) is 0 Å². The lowest BCUT2D eigenvalue weighted by Crippen LogP contribution is -2.60. The van der Waals surface area contributed by atoms with Gasteiger partial charge in [-0.3, -0.25) is 0 Å². The minimum Gasteiger partial charge on any atom is -0.312 e. The first-order chi connectivity index (χ1) is 9.06. The molecule has 3 atom stereocenters. The molecule has 0 aliphatic heterocycles. The molecule has 0 radical (unpaired) electrons. The maximum absolute atomic E-state index is 3.74. The number of hydrogen-bond donors (Lipinski definition) is 1. The summed E-state index contributed by atoms with van der Waals surface area (Å²) in [5.41, 5.74) is 0.323. The third kappa shape index (κ3) is 4.23. The summed E-state index contributed by atoms with van der Waals surface area (Å²) in [6.07, 6.45) is 7.57. The van der Waals surface area contributed by atoms with Crippen molar-refractivity contribution in [2.75, 3.05) is 20.6 Å². The third-order valence-electron chi connectivity index (χ3n) is 4.73. The minimum atomic E-state index is 0.323. The van der Waals surface area contributed by atoms with Crippen LogP contribution in [0.25, 0.3) is 0 Å². The Morgan fingerprint density at radius 2 is 2.16 bits per heavy atom. The lowest BCUT2D eigenvalue weighted by atomic mass is 9.70. The lowest BCUT2D eigenvalue weighted by Gasteiger charge is -2.50. The van der Waals surface area contributed by atoms with E-state index in [2.05, 4.69) is 50.0 Å². The number of nitrogens with one attached hydrogen (secondary N) is 1. The first-order valence-corrected chi connectivity index (χ1v) is 7.87. The molecular weight excluding hydrogens is 232 g/mol. The predicted molar refractivity (Wildman–Crippen MR) is 84.2 cm³/mol. The topological polar surface area (TPSA) is 15.3 Å². The summed E-state index contributed by atoms with van der Waals surface area (Å²) in [7, 11) is 4.52. The second-order valence-electron chi connectivity index (χ2n) is 6.28. The Balaban J connectivity index is 2.86. The van der Waals surface area contributed by atoms with Crippen LogP contribution in [0.1, 0.15) is 59.3 Å². The molecule has 0 heterocycles. The van der Waals surface area contributed by atoms with Crippen molar-refractivity contribution in [3.63, 3.8) is 0 Å². The second kappa shape index (κ2) is 7.92. The zero-order chi connectivity index (χ0) is 14.3. The van der Waals surface area contributed by atoms with Gasteiger partial charge in [0.05, 0.1) is 0 Å². The van der Waals surface area contributed by atoms with Gasteiger partial charge in [-0.2, -0.15) is 0 Å². The van der Waals surface area contributed by atoms with Crippen molar-refractivity contribution in [2.24, 2.45) is 5.92 Å². The van der Waals surface area contributed by atoms with E-state index in [1.807, 2.05) is 6.92 Å². The Bertz CT molecular complexity index is 313. The summed E-state index contributed by atoms with van der Waals surface area (Å²) in [5.74, 6) is 7.10. The van der Waals surface area contributed by atoms with Crippen LogP contribution in [0.15, 0.2) is 0 Å². The van der Waals surface area contributed by atoms with E-state index in [-0.39, 0.29) is 0 Å². The van der Waals surface area contributed by atoms with Gasteiger partial charge < -0.3 is 10.2 Å². The van der Waals surface area contributed by atoms with Crippen molar-refractivity contribution in [1.29, 1.82) is 0 Å². The molecule has 1 saturated carbocycles. The third-order valence-corrected chi connectivity index (χ3v) is 4.73. The van der Waals surface area contributed by atoms with Gasteiger partial charge in [0.2, 0.25) is 0 Å². The summed E-state index contributed by atoms with van der Waals surface area (Å²) in [6.45, 7) is 7.61. The highest BCUT2D eigenvalue weighted by molar-refractivity contribution is 5.04. The molecule has 0 spiro atoms. The van der Waals surface area contributed by atoms with Gasteiger partial charge in [-0.15, -0.1) is 11.8 Å². The van der Waals surface area contributed by atoms with Crippen LogP contribution >= 0.6 is 0 Å². The molecule has 0 aromatic heterocycles. The van der Waals surface area contributed by atoms with Crippen LogP contribution < -0.4 is 5.32 Å². The Kier molecular flexibility index (Phi) is 6.89. The average molecular weight is 264 g/mol. The number of hydrogen-bond acceptors (Lipinski definition) is 2. The molecule has 1 fully saturated rings. The van der Waals surface area contributed by atoms with Gasteiger partial charge in [-0.25, -0.2) is 0 Å². The van der Waals surface area contributed by atoms with Crippen LogP contribution in [0.4, 0.5) is 0 Å². The van der Waals surface area contributed by atoms with E-state index in [1.165, 1.54) is 32.1 Å². The molecule has 1 aliphatic rings. The SMILES string of the molecule is CC#CCCC(NCC)C1(N(C)C)CCCC(C)C1. The molecule has 0 aromatic carbocycles. The first-order valence-electron chi connectivity index (χ1n) is 7.87. The first kappa shape index (κ1) is 16.5. The Labute approximate surface area is 120 Å². The van der Waals surface area contributed by atoms with Crippen molar-refractivity contribution in [3.05, 3.63) is 0 Å². The van der Waals surface area contributed by atoms with Crippen LogP contribution in [0.3, 0.4) is 0 Å². The van der Waals surface area contributed by atoms with Crippen molar-refractivity contribution >= 4 is 0 Å². The molecule has 19 heavy (non-hydrogen) atoms. The van der Waals surface area contributed by atoms with E-state index in [0.717, 1.165) is 18.9 Å². The van der Waals surface area contributed by atoms with Gasteiger partial charge in [0.1, 0.15) is 0 Å². The van der Waals surface area contributed by atoms with Gasteiger partial charge in [0.25, 0.3) is 0 Å². The summed E-state index contributed by atoms with van der Waals surface area (Å²) >= 11 is 0. The van der Waals surface area contributed by atoms with E-state index >= 15 is 0 Å². The van der Waals surface area contributed by atoms with Crippen LogP contribution in [-0.2, 0) is 0 Å². The normalized spacial score (nSPS) is 28.8. The van der Waals surface area contributed by atoms with Gasteiger partial charge in [-0.05, 0) is 52.7 Å². The summed E-state index contributed by atoms with van der Waals surface area (Å²) in [5, 5.41) is 3.74. The highest BCUT2D eigenvalue weighted by Gasteiger charge is 2.42.